The molecule has 1 aromatic heterocycles. The summed E-state index contributed by atoms with van der Waals surface area (Å²) in [6, 6.07) is 4.21. The van der Waals surface area contributed by atoms with Gasteiger partial charge in [-0.15, -0.1) is 0 Å². The molecule has 2 rings (SSSR count). The van der Waals surface area contributed by atoms with E-state index >= 15 is 0 Å². The van der Waals surface area contributed by atoms with Crippen LogP contribution in [0.25, 0.3) is 0 Å². The minimum atomic E-state index is 0.231. The normalized spacial score (nSPS) is 21.3. The Kier molecular flexibility index (Phi) is 9.67. The maximum Gasteiger partial charge on any atom is 0.191 e. The Hall–Kier alpha value is -1.86. The summed E-state index contributed by atoms with van der Waals surface area (Å²) >= 11 is 0. The second kappa shape index (κ2) is 12.0. The molecule has 1 aromatic rings. The van der Waals surface area contributed by atoms with Gasteiger partial charge in [-0.2, -0.15) is 0 Å². The van der Waals surface area contributed by atoms with Crippen LogP contribution in [0, 0.1) is 5.92 Å². The van der Waals surface area contributed by atoms with Crippen molar-refractivity contribution in [3.05, 3.63) is 23.9 Å². The van der Waals surface area contributed by atoms with E-state index in [1.807, 2.05) is 13.1 Å². The van der Waals surface area contributed by atoms with Crippen molar-refractivity contribution >= 4 is 11.8 Å². The van der Waals surface area contributed by atoms with Gasteiger partial charge in [0.05, 0.1) is 18.3 Å². The molecule has 0 aromatic carbocycles. The molecule has 1 aliphatic rings. The molecule has 7 nitrogen and oxygen atoms in total. The summed E-state index contributed by atoms with van der Waals surface area (Å²) < 4.78 is 11.6. The summed E-state index contributed by atoms with van der Waals surface area (Å²) in [7, 11) is 1.79. The molecular weight excluding hydrogens is 366 g/mol. The molecule has 0 saturated carbocycles. The van der Waals surface area contributed by atoms with Crippen LogP contribution in [-0.4, -0.2) is 62.5 Å². The first-order valence-electron chi connectivity index (χ1n) is 10.8. The lowest BCUT2D eigenvalue weighted by atomic mass is 10.0. The van der Waals surface area contributed by atoms with Gasteiger partial charge in [-0.1, -0.05) is 19.9 Å². The van der Waals surface area contributed by atoms with E-state index < -0.39 is 0 Å². The Morgan fingerprint density at radius 1 is 1.28 bits per heavy atom. The van der Waals surface area contributed by atoms with Crippen molar-refractivity contribution in [2.75, 3.05) is 38.2 Å². The van der Waals surface area contributed by atoms with Gasteiger partial charge >= 0.3 is 0 Å². The van der Waals surface area contributed by atoms with E-state index in [4.69, 9.17) is 9.47 Å². The fraction of sp³-hybridized carbons (Fsp3) is 0.727. The molecule has 3 unspecified atom stereocenters. The minimum Gasteiger partial charge on any atom is -0.378 e. The molecule has 0 bridgehead atoms. The van der Waals surface area contributed by atoms with Gasteiger partial charge in [0.15, 0.2) is 5.96 Å². The van der Waals surface area contributed by atoms with Crippen molar-refractivity contribution in [1.82, 2.24) is 15.6 Å². The predicted octanol–water partition coefficient (Wildman–Crippen LogP) is 2.81. The van der Waals surface area contributed by atoms with E-state index in [1.165, 1.54) is 0 Å². The lowest BCUT2D eigenvalue weighted by Crippen LogP contribution is -2.45. The number of morpholine rings is 1. The van der Waals surface area contributed by atoms with Gasteiger partial charge < -0.3 is 25.0 Å². The number of aromatic nitrogens is 1. The maximum atomic E-state index is 5.80. The van der Waals surface area contributed by atoms with E-state index in [-0.39, 0.29) is 18.3 Å². The molecule has 0 radical (unpaired) electrons. The monoisotopic (exact) mass is 405 g/mol. The summed E-state index contributed by atoms with van der Waals surface area (Å²) in [4.78, 5) is 11.3. The molecular formula is C22H39N5O2. The Bertz CT molecular complexity index is 610. The summed E-state index contributed by atoms with van der Waals surface area (Å²) in [6.45, 7) is 14.7. The molecule has 2 heterocycles. The Labute approximate surface area is 176 Å². The van der Waals surface area contributed by atoms with Crippen molar-refractivity contribution in [2.45, 2.75) is 65.9 Å². The zero-order valence-electron chi connectivity index (χ0n) is 18.9. The number of hydrogen-bond acceptors (Lipinski definition) is 5. The molecule has 0 aliphatic carbocycles. The van der Waals surface area contributed by atoms with Crippen LogP contribution in [0.3, 0.4) is 0 Å². The van der Waals surface area contributed by atoms with Crippen LogP contribution < -0.4 is 15.5 Å². The van der Waals surface area contributed by atoms with E-state index in [2.05, 4.69) is 65.3 Å². The fourth-order valence-electron chi connectivity index (χ4n) is 3.64. The zero-order chi connectivity index (χ0) is 21.2. The number of aliphatic imine (C=N–C) groups is 1. The molecule has 7 heteroatoms. The van der Waals surface area contributed by atoms with Crippen molar-refractivity contribution in [2.24, 2.45) is 10.9 Å². The second-order valence-electron chi connectivity index (χ2n) is 8.07. The van der Waals surface area contributed by atoms with Crippen LogP contribution >= 0.6 is 0 Å². The molecule has 1 saturated heterocycles. The molecule has 1 aliphatic heterocycles. The minimum absolute atomic E-state index is 0.231. The maximum absolute atomic E-state index is 5.80. The van der Waals surface area contributed by atoms with Gasteiger partial charge in [0.1, 0.15) is 5.82 Å². The van der Waals surface area contributed by atoms with Gasteiger partial charge in [-0.25, -0.2) is 4.98 Å². The lowest BCUT2D eigenvalue weighted by Gasteiger charge is -2.36. The zero-order valence-corrected chi connectivity index (χ0v) is 18.9. The van der Waals surface area contributed by atoms with Crippen LogP contribution in [0.5, 0.6) is 0 Å². The van der Waals surface area contributed by atoms with Crippen molar-refractivity contribution in [1.29, 1.82) is 0 Å². The molecule has 1 fully saturated rings. The molecule has 3 atom stereocenters. The summed E-state index contributed by atoms with van der Waals surface area (Å²) in [5, 5.41) is 6.73. The molecule has 2 N–H and O–H groups in total. The van der Waals surface area contributed by atoms with Gasteiger partial charge in [-0.3, -0.25) is 4.99 Å². The highest BCUT2D eigenvalue weighted by molar-refractivity contribution is 5.79. The summed E-state index contributed by atoms with van der Waals surface area (Å²) in [5.74, 6) is 2.31. The fourth-order valence-corrected chi connectivity index (χ4v) is 3.64. The number of nitrogens with one attached hydrogen (secondary N) is 2. The summed E-state index contributed by atoms with van der Waals surface area (Å²) in [6.07, 6.45) is 3.62. The van der Waals surface area contributed by atoms with Crippen LogP contribution in [-0.2, 0) is 16.0 Å². The van der Waals surface area contributed by atoms with E-state index in [1.54, 1.807) is 7.05 Å². The Morgan fingerprint density at radius 2 is 2.00 bits per heavy atom. The number of nitrogens with zero attached hydrogens (tertiary/aromatic N) is 3. The Balaban J connectivity index is 1.79. The predicted molar refractivity (Wildman–Crippen MR) is 120 cm³/mol. The van der Waals surface area contributed by atoms with Gasteiger partial charge in [-0.05, 0) is 44.7 Å². The highest BCUT2D eigenvalue weighted by Crippen LogP contribution is 2.18. The second-order valence-corrected chi connectivity index (χ2v) is 8.07. The third-order valence-electron chi connectivity index (χ3n) is 5.08. The first-order valence-corrected chi connectivity index (χ1v) is 10.8. The third kappa shape index (κ3) is 7.82. The Morgan fingerprint density at radius 3 is 2.55 bits per heavy atom. The summed E-state index contributed by atoms with van der Waals surface area (Å²) in [5.41, 5.74) is 1.13. The number of pyridine rings is 1. The van der Waals surface area contributed by atoms with E-state index in [0.717, 1.165) is 50.0 Å². The van der Waals surface area contributed by atoms with Gasteiger partial charge in [0.2, 0.25) is 0 Å². The van der Waals surface area contributed by atoms with Crippen molar-refractivity contribution in [3.63, 3.8) is 0 Å². The highest BCUT2D eigenvalue weighted by atomic mass is 16.5. The third-order valence-corrected chi connectivity index (χ3v) is 5.08. The SMILES string of the molecule is CCOC(CCNC(=NC)NCc1ccc(N2CC(C)OC(C)C2)nc1)C(C)C. The highest BCUT2D eigenvalue weighted by Gasteiger charge is 2.23. The molecule has 29 heavy (non-hydrogen) atoms. The standard InChI is InChI=1S/C22H39N5O2/c1-7-28-20(16(2)3)10-11-24-22(23-6)26-13-19-8-9-21(25-12-19)27-14-17(4)29-18(5)15-27/h8-9,12,16-18,20H,7,10-11,13-15H2,1-6H3,(H2,23,24,26). The molecule has 0 spiro atoms. The van der Waals surface area contributed by atoms with Crippen molar-refractivity contribution in [3.8, 4) is 0 Å². The average Bonchev–Trinajstić information content (AvgIpc) is 2.69. The quantitative estimate of drug-likeness (QED) is 0.486. The number of guanidine groups is 1. The molecule has 164 valence electrons. The van der Waals surface area contributed by atoms with Gasteiger partial charge in [0.25, 0.3) is 0 Å². The number of rotatable bonds is 9. The first-order chi connectivity index (χ1) is 13.9. The number of anilines is 1. The topological polar surface area (TPSA) is 71.0 Å². The van der Waals surface area contributed by atoms with Crippen molar-refractivity contribution < 1.29 is 9.47 Å². The largest absolute Gasteiger partial charge is 0.378 e. The van der Waals surface area contributed by atoms with E-state index in [0.29, 0.717) is 12.5 Å². The van der Waals surface area contributed by atoms with Crippen LogP contribution in [0.2, 0.25) is 0 Å². The smallest absolute Gasteiger partial charge is 0.191 e. The van der Waals surface area contributed by atoms with Crippen LogP contribution in [0.15, 0.2) is 23.3 Å². The van der Waals surface area contributed by atoms with Crippen LogP contribution in [0.1, 0.15) is 46.6 Å². The average molecular weight is 406 g/mol. The molecule has 0 amide bonds. The number of ether oxygens (including phenoxy) is 2. The van der Waals surface area contributed by atoms with Gasteiger partial charge in [0, 0.05) is 46.0 Å². The number of hydrogen-bond donors (Lipinski definition) is 2. The lowest BCUT2D eigenvalue weighted by molar-refractivity contribution is -0.00546. The van der Waals surface area contributed by atoms with Crippen LogP contribution in [0.4, 0.5) is 5.82 Å². The van der Waals surface area contributed by atoms with E-state index in [9.17, 15) is 0 Å². The first kappa shape index (κ1) is 23.4.